The Hall–Kier alpha value is -1.88. The number of aryl methyl sites for hydroxylation is 1. The summed E-state index contributed by atoms with van der Waals surface area (Å²) in [7, 11) is 0. The van der Waals surface area contributed by atoms with Gasteiger partial charge < -0.3 is 5.73 Å². The smallest absolute Gasteiger partial charge is 0.324 e. The van der Waals surface area contributed by atoms with Crippen LogP contribution in [0.2, 0.25) is 0 Å². The van der Waals surface area contributed by atoms with Gasteiger partial charge in [-0.15, -0.1) is 0 Å². The van der Waals surface area contributed by atoms with E-state index in [0.717, 1.165) is 17.7 Å². The van der Waals surface area contributed by atoms with Gasteiger partial charge in [0.05, 0.1) is 5.56 Å². The molecule has 112 valence electrons. The van der Waals surface area contributed by atoms with Gasteiger partial charge in [-0.05, 0) is 37.1 Å². The zero-order chi connectivity index (χ0) is 15.6. The van der Waals surface area contributed by atoms with Gasteiger partial charge in [-0.2, -0.15) is 13.2 Å². The number of nitrogens with two attached hydrogens (primary N) is 1. The van der Waals surface area contributed by atoms with Crippen LogP contribution in [0.1, 0.15) is 28.3 Å². The van der Waals surface area contributed by atoms with Gasteiger partial charge >= 0.3 is 6.18 Å². The molecule has 0 fully saturated rings. The van der Waals surface area contributed by atoms with Crippen molar-refractivity contribution in [1.29, 1.82) is 0 Å². The van der Waals surface area contributed by atoms with Crippen LogP contribution in [0.25, 0.3) is 0 Å². The molecule has 5 heteroatoms. The molecule has 0 spiro atoms. The van der Waals surface area contributed by atoms with Gasteiger partial charge in [-0.25, -0.2) is 4.39 Å². The second-order valence-corrected chi connectivity index (χ2v) is 5.03. The van der Waals surface area contributed by atoms with Crippen molar-refractivity contribution in [3.63, 3.8) is 0 Å². The molecule has 0 amide bonds. The Balaban J connectivity index is 2.16. The van der Waals surface area contributed by atoms with Crippen molar-refractivity contribution < 1.29 is 17.6 Å². The molecule has 0 aliphatic rings. The first-order valence-electron chi connectivity index (χ1n) is 6.45. The second kappa shape index (κ2) is 5.85. The van der Waals surface area contributed by atoms with Gasteiger partial charge in [0.15, 0.2) is 0 Å². The maximum Gasteiger partial charge on any atom is 0.416 e. The Morgan fingerprint density at radius 1 is 1.05 bits per heavy atom. The molecule has 2 rings (SSSR count). The number of hydrogen-bond donors (Lipinski definition) is 1. The average Bonchev–Trinajstić information content (AvgIpc) is 2.41. The molecule has 0 heterocycles. The van der Waals surface area contributed by atoms with Gasteiger partial charge in [0.2, 0.25) is 0 Å². The van der Waals surface area contributed by atoms with Gasteiger partial charge in [0.1, 0.15) is 5.82 Å². The quantitative estimate of drug-likeness (QED) is 0.835. The lowest BCUT2D eigenvalue weighted by atomic mass is 9.97. The molecule has 0 aromatic heterocycles. The van der Waals surface area contributed by atoms with Gasteiger partial charge in [0.25, 0.3) is 0 Å². The Bertz CT molecular complexity index is 617. The number of hydrogen-bond acceptors (Lipinski definition) is 1. The Morgan fingerprint density at radius 2 is 1.67 bits per heavy atom. The van der Waals surface area contributed by atoms with Crippen LogP contribution < -0.4 is 5.73 Å². The third-order valence-electron chi connectivity index (χ3n) is 3.29. The summed E-state index contributed by atoms with van der Waals surface area (Å²) >= 11 is 0. The van der Waals surface area contributed by atoms with E-state index in [1.54, 1.807) is 12.1 Å². The largest absolute Gasteiger partial charge is 0.416 e. The molecule has 1 atom stereocenters. The number of benzene rings is 2. The SMILES string of the molecule is Cc1ccc(F)c(C(N)Cc2ccc(C(F)(F)F)cc2)c1. The van der Waals surface area contributed by atoms with E-state index in [1.165, 1.54) is 18.2 Å². The van der Waals surface area contributed by atoms with Crippen LogP contribution in [0.5, 0.6) is 0 Å². The molecular formula is C16H15F4N. The predicted octanol–water partition coefficient (Wildman–Crippen LogP) is 4.40. The summed E-state index contributed by atoms with van der Waals surface area (Å²) in [6, 6.07) is 8.81. The minimum absolute atomic E-state index is 0.276. The lowest BCUT2D eigenvalue weighted by Gasteiger charge is -2.14. The minimum Gasteiger partial charge on any atom is -0.324 e. The molecule has 2 aromatic carbocycles. The van der Waals surface area contributed by atoms with Crippen molar-refractivity contribution in [2.24, 2.45) is 5.73 Å². The number of alkyl halides is 3. The molecular weight excluding hydrogens is 282 g/mol. The van der Waals surface area contributed by atoms with Crippen LogP contribution in [-0.2, 0) is 12.6 Å². The van der Waals surface area contributed by atoms with E-state index in [4.69, 9.17) is 5.73 Å². The number of rotatable bonds is 3. The highest BCUT2D eigenvalue weighted by Gasteiger charge is 2.30. The fourth-order valence-electron chi connectivity index (χ4n) is 2.14. The topological polar surface area (TPSA) is 26.0 Å². The number of halogens is 4. The van der Waals surface area contributed by atoms with E-state index in [0.29, 0.717) is 11.1 Å². The fraction of sp³-hybridized carbons (Fsp3) is 0.250. The van der Waals surface area contributed by atoms with Crippen molar-refractivity contribution in [1.82, 2.24) is 0 Å². The summed E-state index contributed by atoms with van der Waals surface area (Å²) < 4.78 is 51.1. The summed E-state index contributed by atoms with van der Waals surface area (Å²) in [5, 5.41) is 0. The molecule has 1 nitrogen and oxygen atoms in total. The summed E-state index contributed by atoms with van der Waals surface area (Å²) in [6.45, 7) is 1.83. The zero-order valence-electron chi connectivity index (χ0n) is 11.4. The first kappa shape index (κ1) is 15.5. The van der Waals surface area contributed by atoms with E-state index in [-0.39, 0.29) is 6.42 Å². The van der Waals surface area contributed by atoms with E-state index in [2.05, 4.69) is 0 Å². The van der Waals surface area contributed by atoms with Gasteiger partial charge in [0, 0.05) is 11.6 Å². The fourth-order valence-corrected chi connectivity index (χ4v) is 2.14. The van der Waals surface area contributed by atoms with Crippen LogP contribution >= 0.6 is 0 Å². The van der Waals surface area contributed by atoms with E-state index < -0.39 is 23.6 Å². The zero-order valence-corrected chi connectivity index (χ0v) is 11.4. The molecule has 2 N–H and O–H groups in total. The van der Waals surface area contributed by atoms with Crippen LogP contribution in [0.4, 0.5) is 17.6 Å². The molecule has 2 aromatic rings. The normalized spacial score (nSPS) is 13.2. The van der Waals surface area contributed by atoms with Crippen molar-refractivity contribution in [3.8, 4) is 0 Å². The highest BCUT2D eigenvalue weighted by molar-refractivity contribution is 5.30. The van der Waals surface area contributed by atoms with Gasteiger partial charge in [-0.1, -0.05) is 29.8 Å². The van der Waals surface area contributed by atoms with E-state index >= 15 is 0 Å². The summed E-state index contributed by atoms with van der Waals surface area (Å²) in [5.74, 6) is -0.403. The van der Waals surface area contributed by atoms with Crippen molar-refractivity contribution >= 4 is 0 Å². The summed E-state index contributed by atoms with van der Waals surface area (Å²) in [6.07, 6.45) is -4.08. The second-order valence-electron chi connectivity index (χ2n) is 5.03. The molecule has 0 bridgehead atoms. The molecule has 21 heavy (non-hydrogen) atoms. The monoisotopic (exact) mass is 297 g/mol. The Kier molecular flexibility index (Phi) is 4.32. The molecule has 0 aliphatic carbocycles. The first-order valence-corrected chi connectivity index (χ1v) is 6.45. The molecule has 1 unspecified atom stereocenters. The van der Waals surface area contributed by atoms with E-state index in [1.807, 2.05) is 6.92 Å². The lowest BCUT2D eigenvalue weighted by Crippen LogP contribution is -2.15. The molecule has 0 saturated carbocycles. The Morgan fingerprint density at radius 3 is 2.24 bits per heavy atom. The van der Waals surface area contributed by atoms with Crippen LogP contribution in [0.15, 0.2) is 42.5 Å². The highest BCUT2D eigenvalue weighted by atomic mass is 19.4. The Labute approximate surface area is 120 Å². The lowest BCUT2D eigenvalue weighted by molar-refractivity contribution is -0.137. The first-order chi connectivity index (χ1) is 9.77. The summed E-state index contributed by atoms with van der Waals surface area (Å²) in [5.41, 5.74) is 7.14. The van der Waals surface area contributed by atoms with E-state index in [9.17, 15) is 17.6 Å². The standard InChI is InChI=1S/C16H15F4N/c1-10-2-7-14(17)13(8-10)15(21)9-11-3-5-12(6-4-11)16(18,19)20/h2-8,15H,9,21H2,1H3. The average molecular weight is 297 g/mol. The van der Waals surface area contributed by atoms with Crippen LogP contribution in [0, 0.1) is 12.7 Å². The highest BCUT2D eigenvalue weighted by Crippen LogP contribution is 2.29. The van der Waals surface area contributed by atoms with Crippen molar-refractivity contribution in [2.45, 2.75) is 25.6 Å². The maximum absolute atomic E-state index is 13.7. The molecule has 0 saturated heterocycles. The molecule has 0 aliphatic heterocycles. The summed E-state index contributed by atoms with van der Waals surface area (Å²) in [4.78, 5) is 0. The maximum atomic E-state index is 13.7. The predicted molar refractivity (Wildman–Crippen MR) is 73.2 cm³/mol. The van der Waals surface area contributed by atoms with Gasteiger partial charge in [-0.3, -0.25) is 0 Å². The van der Waals surface area contributed by atoms with Crippen molar-refractivity contribution in [2.75, 3.05) is 0 Å². The third-order valence-corrected chi connectivity index (χ3v) is 3.29. The molecule has 0 radical (unpaired) electrons. The minimum atomic E-state index is -4.36. The van der Waals surface area contributed by atoms with Crippen molar-refractivity contribution in [3.05, 3.63) is 70.5 Å². The van der Waals surface area contributed by atoms with Crippen LogP contribution in [0.3, 0.4) is 0 Å². The third kappa shape index (κ3) is 3.82. The van der Waals surface area contributed by atoms with Crippen LogP contribution in [-0.4, -0.2) is 0 Å².